The van der Waals surface area contributed by atoms with Gasteiger partial charge in [-0.15, -0.1) is 0 Å². The molecule has 15 heavy (non-hydrogen) atoms. The van der Waals surface area contributed by atoms with Gasteiger partial charge in [-0.25, -0.2) is 0 Å². The third-order valence-electron chi connectivity index (χ3n) is 3.63. The second-order valence-corrected chi connectivity index (χ2v) is 4.91. The van der Waals surface area contributed by atoms with E-state index in [0.717, 1.165) is 25.0 Å². The van der Waals surface area contributed by atoms with Crippen LogP contribution in [0.3, 0.4) is 0 Å². The van der Waals surface area contributed by atoms with Crippen LogP contribution in [-0.2, 0) is 0 Å². The Balaban J connectivity index is 2.20. The summed E-state index contributed by atoms with van der Waals surface area (Å²) >= 11 is 0. The summed E-state index contributed by atoms with van der Waals surface area (Å²) in [7, 11) is 4.24. The van der Waals surface area contributed by atoms with Gasteiger partial charge >= 0.3 is 0 Å². The van der Waals surface area contributed by atoms with E-state index in [-0.39, 0.29) is 6.10 Å². The van der Waals surface area contributed by atoms with Crippen LogP contribution in [0.5, 0.6) is 0 Å². The molecule has 1 fully saturated rings. The van der Waals surface area contributed by atoms with Crippen molar-refractivity contribution in [1.82, 2.24) is 10.2 Å². The first-order valence-electron chi connectivity index (χ1n) is 6.19. The van der Waals surface area contributed by atoms with Crippen molar-refractivity contribution in [3.63, 3.8) is 0 Å². The maximum Gasteiger partial charge on any atom is 0.0524 e. The molecule has 1 aliphatic rings. The van der Waals surface area contributed by atoms with Gasteiger partial charge in [0.25, 0.3) is 0 Å². The van der Waals surface area contributed by atoms with Crippen molar-refractivity contribution in [3.8, 4) is 0 Å². The van der Waals surface area contributed by atoms with Gasteiger partial charge in [0.2, 0.25) is 0 Å². The van der Waals surface area contributed by atoms with E-state index in [1.807, 2.05) is 6.92 Å². The van der Waals surface area contributed by atoms with Crippen LogP contribution < -0.4 is 5.32 Å². The van der Waals surface area contributed by atoms with E-state index in [1.165, 1.54) is 25.7 Å². The first-order chi connectivity index (χ1) is 7.13. The highest BCUT2D eigenvalue weighted by Gasteiger charge is 2.22. The molecule has 3 nitrogen and oxygen atoms in total. The maximum atomic E-state index is 9.24. The largest absolute Gasteiger partial charge is 0.393 e. The SMILES string of the molecule is CNC1CCC(N(C)CCC(C)O)CC1. The van der Waals surface area contributed by atoms with Gasteiger partial charge in [-0.1, -0.05) is 0 Å². The molecule has 0 heterocycles. The molecule has 1 unspecified atom stereocenters. The van der Waals surface area contributed by atoms with Crippen LogP contribution in [0.15, 0.2) is 0 Å². The van der Waals surface area contributed by atoms with Crippen molar-refractivity contribution < 1.29 is 5.11 Å². The Bertz CT molecular complexity index is 165. The molecular formula is C12H26N2O. The molecule has 1 saturated carbocycles. The summed E-state index contributed by atoms with van der Waals surface area (Å²) in [5.74, 6) is 0. The van der Waals surface area contributed by atoms with Gasteiger partial charge in [0.15, 0.2) is 0 Å². The molecule has 0 aromatic heterocycles. The van der Waals surface area contributed by atoms with Crippen molar-refractivity contribution in [3.05, 3.63) is 0 Å². The Morgan fingerprint density at radius 2 is 1.93 bits per heavy atom. The van der Waals surface area contributed by atoms with Crippen molar-refractivity contribution in [2.45, 2.75) is 57.2 Å². The highest BCUT2D eigenvalue weighted by atomic mass is 16.3. The van der Waals surface area contributed by atoms with Gasteiger partial charge in [-0.05, 0) is 53.1 Å². The lowest BCUT2D eigenvalue weighted by atomic mass is 9.90. The van der Waals surface area contributed by atoms with E-state index >= 15 is 0 Å². The van der Waals surface area contributed by atoms with E-state index in [2.05, 4.69) is 24.3 Å². The van der Waals surface area contributed by atoms with E-state index in [1.54, 1.807) is 0 Å². The monoisotopic (exact) mass is 214 g/mol. The summed E-state index contributed by atoms with van der Waals surface area (Å²) in [5.41, 5.74) is 0. The average Bonchev–Trinajstić information content (AvgIpc) is 2.26. The zero-order valence-corrected chi connectivity index (χ0v) is 10.4. The third-order valence-corrected chi connectivity index (χ3v) is 3.63. The first kappa shape index (κ1) is 12.9. The fourth-order valence-corrected chi connectivity index (χ4v) is 2.38. The quantitative estimate of drug-likeness (QED) is 0.722. The summed E-state index contributed by atoms with van der Waals surface area (Å²) in [6.07, 6.45) is 5.90. The Morgan fingerprint density at radius 1 is 1.33 bits per heavy atom. The van der Waals surface area contributed by atoms with E-state index < -0.39 is 0 Å². The number of aliphatic hydroxyl groups is 1. The number of nitrogens with zero attached hydrogens (tertiary/aromatic N) is 1. The molecule has 90 valence electrons. The molecule has 1 atom stereocenters. The Hall–Kier alpha value is -0.120. The number of hydrogen-bond donors (Lipinski definition) is 2. The zero-order chi connectivity index (χ0) is 11.3. The number of rotatable bonds is 5. The minimum absolute atomic E-state index is 0.166. The number of hydrogen-bond acceptors (Lipinski definition) is 3. The van der Waals surface area contributed by atoms with Crippen molar-refractivity contribution in [2.24, 2.45) is 0 Å². The molecule has 1 aliphatic carbocycles. The van der Waals surface area contributed by atoms with E-state index in [9.17, 15) is 5.11 Å². The summed E-state index contributed by atoms with van der Waals surface area (Å²) < 4.78 is 0. The molecule has 0 spiro atoms. The van der Waals surface area contributed by atoms with Crippen LogP contribution in [0, 0.1) is 0 Å². The molecule has 0 aromatic rings. The lowest BCUT2D eigenvalue weighted by molar-refractivity contribution is 0.130. The standard InChI is InChI=1S/C12H26N2O/c1-10(15)8-9-14(3)12-6-4-11(13-2)5-7-12/h10-13,15H,4-9H2,1-3H3. The minimum atomic E-state index is -0.166. The van der Waals surface area contributed by atoms with Gasteiger partial charge in [-0.3, -0.25) is 0 Å². The smallest absolute Gasteiger partial charge is 0.0524 e. The van der Waals surface area contributed by atoms with E-state index in [4.69, 9.17) is 0 Å². The van der Waals surface area contributed by atoms with Crippen LogP contribution in [0.25, 0.3) is 0 Å². The molecule has 0 saturated heterocycles. The van der Waals surface area contributed by atoms with Crippen LogP contribution in [0.4, 0.5) is 0 Å². The van der Waals surface area contributed by atoms with Crippen molar-refractivity contribution in [1.29, 1.82) is 0 Å². The Morgan fingerprint density at radius 3 is 2.40 bits per heavy atom. The number of aliphatic hydroxyl groups excluding tert-OH is 1. The van der Waals surface area contributed by atoms with Gasteiger partial charge in [0.1, 0.15) is 0 Å². The van der Waals surface area contributed by atoms with Crippen molar-refractivity contribution in [2.75, 3.05) is 20.6 Å². The van der Waals surface area contributed by atoms with Crippen LogP contribution in [-0.4, -0.2) is 48.8 Å². The predicted octanol–water partition coefficient (Wildman–Crippen LogP) is 1.22. The summed E-state index contributed by atoms with van der Waals surface area (Å²) in [4.78, 5) is 2.42. The molecule has 0 radical (unpaired) electrons. The summed E-state index contributed by atoms with van der Waals surface area (Å²) in [5, 5.41) is 12.6. The lowest BCUT2D eigenvalue weighted by Gasteiger charge is -2.34. The third kappa shape index (κ3) is 4.49. The van der Waals surface area contributed by atoms with Crippen LogP contribution in [0.2, 0.25) is 0 Å². The fraction of sp³-hybridized carbons (Fsp3) is 1.00. The van der Waals surface area contributed by atoms with Crippen molar-refractivity contribution >= 4 is 0 Å². The molecule has 0 bridgehead atoms. The number of nitrogens with one attached hydrogen (secondary N) is 1. The predicted molar refractivity (Wildman–Crippen MR) is 64.0 cm³/mol. The fourth-order valence-electron chi connectivity index (χ4n) is 2.38. The van der Waals surface area contributed by atoms with Gasteiger partial charge in [0.05, 0.1) is 6.10 Å². The normalized spacial score (nSPS) is 29.4. The topological polar surface area (TPSA) is 35.5 Å². The zero-order valence-electron chi connectivity index (χ0n) is 10.4. The summed E-state index contributed by atoms with van der Waals surface area (Å²) in [6.45, 7) is 2.89. The first-order valence-corrected chi connectivity index (χ1v) is 6.19. The Labute approximate surface area is 93.9 Å². The van der Waals surface area contributed by atoms with Gasteiger partial charge in [0, 0.05) is 18.6 Å². The Kier molecular flexibility index (Phi) is 5.58. The van der Waals surface area contributed by atoms with E-state index in [0.29, 0.717) is 0 Å². The molecule has 1 rings (SSSR count). The summed E-state index contributed by atoms with van der Waals surface area (Å²) in [6, 6.07) is 1.46. The molecule has 2 N–H and O–H groups in total. The second-order valence-electron chi connectivity index (χ2n) is 4.91. The highest BCUT2D eigenvalue weighted by Crippen LogP contribution is 2.22. The molecule has 0 aromatic carbocycles. The van der Waals surface area contributed by atoms with Crippen LogP contribution >= 0.6 is 0 Å². The second kappa shape index (κ2) is 6.46. The molecule has 0 amide bonds. The van der Waals surface area contributed by atoms with Crippen LogP contribution in [0.1, 0.15) is 39.0 Å². The van der Waals surface area contributed by atoms with Gasteiger partial charge in [-0.2, -0.15) is 0 Å². The lowest BCUT2D eigenvalue weighted by Crippen LogP contribution is -2.40. The minimum Gasteiger partial charge on any atom is -0.393 e. The van der Waals surface area contributed by atoms with Gasteiger partial charge < -0.3 is 15.3 Å². The highest BCUT2D eigenvalue weighted by molar-refractivity contribution is 4.81. The molecular weight excluding hydrogens is 188 g/mol. The molecule has 0 aliphatic heterocycles. The average molecular weight is 214 g/mol. The molecule has 3 heteroatoms. The maximum absolute atomic E-state index is 9.24.